The van der Waals surface area contributed by atoms with Gasteiger partial charge in [0.05, 0.1) is 17.3 Å². The maximum atomic E-state index is 12.1. The molecule has 2 amide bonds. The second-order valence-electron chi connectivity index (χ2n) is 5.90. The normalized spacial score (nSPS) is 16.5. The van der Waals surface area contributed by atoms with Crippen LogP contribution in [0.1, 0.15) is 13.8 Å². The molecule has 2 rings (SSSR count). The fourth-order valence-electron chi connectivity index (χ4n) is 2.74. The zero-order valence-electron chi connectivity index (χ0n) is 14.2. The maximum absolute atomic E-state index is 12.1. The molecule has 1 atom stereocenters. The van der Waals surface area contributed by atoms with Gasteiger partial charge in [0.1, 0.15) is 6.04 Å². The van der Waals surface area contributed by atoms with Crippen molar-refractivity contribution in [3.8, 4) is 0 Å². The molecule has 2 N–H and O–H groups in total. The van der Waals surface area contributed by atoms with Crippen LogP contribution in [0.3, 0.4) is 0 Å². The van der Waals surface area contributed by atoms with Gasteiger partial charge in [0, 0.05) is 32.7 Å². The second kappa shape index (κ2) is 8.89. The number of amides is 2. The van der Waals surface area contributed by atoms with E-state index in [1.807, 2.05) is 31.2 Å². The Balaban J connectivity index is 1.77. The van der Waals surface area contributed by atoms with Crippen molar-refractivity contribution in [2.75, 3.05) is 44.2 Å². The minimum absolute atomic E-state index is 0.125. The van der Waals surface area contributed by atoms with Crippen LogP contribution in [0.25, 0.3) is 0 Å². The molecule has 1 aliphatic rings. The van der Waals surface area contributed by atoms with E-state index >= 15 is 0 Å². The highest BCUT2D eigenvalue weighted by Gasteiger charge is 2.22. The van der Waals surface area contributed by atoms with Gasteiger partial charge < -0.3 is 15.5 Å². The maximum Gasteiger partial charge on any atom is 0.242 e. The Morgan fingerprint density at radius 1 is 1.21 bits per heavy atom. The zero-order chi connectivity index (χ0) is 17.5. The Labute approximate surface area is 148 Å². The Morgan fingerprint density at radius 2 is 1.88 bits per heavy atom. The number of likely N-dealkylation sites (N-methyl/N-ethyl adjacent to an activating group) is 1. The summed E-state index contributed by atoms with van der Waals surface area (Å²) in [5, 5.41) is 6.18. The van der Waals surface area contributed by atoms with E-state index in [2.05, 4.69) is 20.4 Å². The molecule has 0 bridgehead atoms. The number of halogens is 1. The molecule has 0 radical (unpaired) electrons. The Bertz CT molecular complexity index is 573. The van der Waals surface area contributed by atoms with Gasteiger partial charge in [0.25, 0.3) is 0 Å². The van der Waals surface area contributed by atoms with Crippen molar-refractivity contribution in [3.63, 3.8) is 0 Å². The van der Waals surface area contributed by atoms with Crippen molar-refractivity contribution < 1.29 is 9.59 Å². The topological polar surface area (TPSA) is 64.7 Å². The van der Waals surface area contributed by atoms with Gasteiger partial charge in [0.15, 0.2) is 0 Å². The predicted octanol–water partition coefficient (Wildman–Crippen LogP) is 1.10. The van der Waals surface area contributed by atoms with Gasteiger partial charge in [-0.05, 0) is 26.0 Å². The van der Waals surface area contributed by atoms with Crippen molar-refractivity contribution >= 4 is 29.1 Å². The highest BCUT2D eigenvalue weighted by Crippen LogP contribution is 2.25. The summed E-state index contributed by atoms with van der Waals surface area (Å²) in [6, 6.07) is 7.28. The molecule has 1 heterocycles. The van der Waals surface area contributed by atoms with Gasteiger partial charge in [-0.3, -0.25) is 14.5 Å². The number of nitrogens with one attached hydrogen (secondary N) is 2. The standard InChI is InChI=1S/C17H25ClN4O2/c1-3-19-17(24)13(2)20-16(23)12-21-8-10-22(11-9-21)15-7-5-4-6-14(15)18/h4-7,13H,3,8-12H2,1-2H3,(H,19,24)(H,20,23)/t13-/m1/s1. The highest BCUT2D eigenvalue weighted by molar-refractivity contribution is 6.33. The Morgan fingerprint density at radius 3 is 2.50 bits per heavy atom. The third-order valence-electron chi connectivity index (χ3n) is 4.05. The number of hydrogen-bond donors (Lipinski definition) is 2. The van der Waals surface area contributed by atoms with Crippen LogP contribution in [-0.4, -0.2) is 62.0 Å². The first-order valence-electron chi connectivity index (χ1n) is 8.30. The molecule has 1 aliphatic heterocycles. The number of carbonyl (C=O) groups is 2. The molecular weight excluding hydrogens is 328 g/mol. The fraction of sp³-hybridized carbons (Fsp3) is 0.529. The molecule has 7 heteroatoms. The number of rotatable bonds is 6. The monoisotopic (exact) mass is 352 g/mol. The highest BCUT2D eigenvalue weighted by atomic mass is 35.5. The number of hydrogen-bond acceptors (Lipinski definition) is 4. The molecular formula is C17H25ClN4O2. The van der Waals surface area contributed by atoms with Crippen molar-refractivity contribution in [2.24, 2.45) is 0 Å². The molecule has 0 saturated carbocycles. The van der Waals surface area contributed by atoms with E-state index in [0.717, 1.165) is 36.9 Å². The quantitative estimate of drug-likeness (QED) is 0.804. The van der Waals surface area contributed by atoms with E-state index in [9.17, 15) is 9.59 Å². The Kier molecular flexibility index (Phi) is 6.87. The third kappa shape index (κ3) is 5.11. The molecule has 1 aromatic carbocycles. The van der Waals surface area contributed by atoms with Gasteiger partial charge in [-0.15, -0.1) is 0 Å². The number of nitrogens with zero attached hydrogens (tertiary/aromatic N) is 2. The zero-order valence-corrected chi connectivity index (χ0v) is 15.0. The summed E-state index contributed by atoms with van der Waals surface area (Å²) in [6.45, 7) is 7.63. The van der Waals surface area contributed by atoms with Crippen molar-refractivity contribution in [3.05, 3.63) is 29.3 Å². The molecule has 1 saturated heterocycles. The third-order valence-corrected chi connectivity index (χ3v) is 4.37. The van der Waals surface area contributed by atoms with Crippen LogP contribution in [0.4, 0.5) is 5.69 Å². The second-order valence-corrected chi connectivity index (χ2v) is 6.31. The van der Waals surface area contributed by atoms with Crippen LogP contribution >= 0.6 is 11.6 Å². The van der Waals surface area contributed by atoms with Crippen LogP contribution in [0.2, 0.25) is 5.02 Å². The lowest BCUT2D eigenvalue weighted by molar-refractivity contribution is -0.129. The summed E-state index contributed by atoms with van der Waals surface area (Å²) < 4.78 is 0. The van der Waals surface area contributed by atoms with Crippen LogP contribution in [0.15, 0.2) is 24.3 Å². The molecule has 0 unspecified atom stereocenters. The van der Waals surface area contributed by atoms with Crippen molar-refractivity contribution in [2.45, 2.75) is 19.9 Å². The molecule has 1 fully saturated rings. The average Bonchev–Trinajstić information content (AvgIpc) is 2.56. The van der Waals surface area contributed by atoms with Gasteiger partial charge in [0.2, 0.25) is 11.8 Å². The first-order valence-corrected chi connectivity index (χ1v) is 8.68. The average molecular weight is 353 g/mol. The van der Waals surface area contributed by atoms with Gasteiger partial charge >= 0.3 is 0 Å². The number of piperazine rings is 1. The lowest BCUT2D eigenvalue weighted by Gasteiger charge is -2.36. The number of anilines is 1. The van der Waals surface area contributed by atoms with Gasteiger partial charge in [-0.2, -0.15) is 0 Å². The molecule has 0 aliphatic carbocycles. The predicted molar refractivity (Wildman–Crippen MR) is 96.4 cm³/mol. The largest absolute Gasteiger partial charge is 0.368 e. The van der Waals surface area contributed by atoms with E-state index in [-0.39, 0.29) is 11.8 Å². The first-order chi connectivity index (χ1) is 11.5. The lowest BCUT2D eigenvalue weighted by atomic mass is 10.2. The molecule has 132 valence electrons. The van der Waals surface area contributed by atoms with E-state index in [0.29, 0.717) is 13.1 Å². The summed E-state index contributed by atoms with van der Waals surface area (Å²) in [6.07, 6.45) is 0. The van der Waals surface area contributed by atoms with E-state index < -0.39 is 6.04 Å². The summed E-state index contributed by atoms with van der Waals surface area (Å²) in [4.78, 5) is 28.0. The molecule has 24 heavy (non-hydrogen) atoms. The summed E-state index contributed by atoms with van der Waals surface area (Å²) in [5.41, 5.74) is 1.04. The van der Waals surface area contributed by atoms with E-state index in [4.69, 9.17) is 11.6 Å². The van der Waals surface area contributed by atoms with Crippen LogP contribution in [0, 0.1) is 0 Å². The summed E-state index contributed by atoms with van der Waals surface area (Å²) in [7, 11) is 0. The van der Waals surface area contributed by atoms with E-state index in [1.165, 1.54) is 0 Å². The van der Waals surface area contributed by atoms with Crippen molar-refractivity contribution in [1.82, 2.24) is 15.5 Å². The number of carbonyl (C=O) groups excluding carboxylic acids is 2. The number of para-hydroxylation sites is 1. The van der Waals surface area contributed by atoms with Gasteiger partial charge in [-0.1, -0.05) is 23.7 Å². The minimum Gasteiger partial charge on any atom is -0.368 e. The van der Waals surface area contributed by atoms with Crippen LogP contribution in [-0.2, 0) is 9.59 Å². The SMILES string of the molecule is CCNC(=O)[C@@H](C)NC(=O)CN1CCN(c2ccccc2Cl)CC1. The minimum atomic E-state index is -0.512. The molecule has 6 nitrogen and oxygen atoms in total. The smallest absolute Gasteiger partial charge is 0.242 e. The lowest BCUT2D eigenvalue weighted by Crippen LogP contribution is -2.52. The fourth-order valence-corrected chi connectivity index (χ4v) is 2.99. The number of benzene rings is 1. The van der Waals surface area contributed by atoms with Gasteiger partial charge in [-0.25, -0.2) is 0 Å². The molecule has 1 aromatic rings. The molecule has 0 aromatic heterocycles. The van der Waals surface area contributed by atoms with E-state index in [1.54, 1.807) is 6.92 Å². The summed E-state index contributed by atoms with van der Waals surface area (Å²) in [5.74, 6) is -0.283. The first kappa shape index (κ1) is 18.5. The Hall–Kier alpha value is -1.79. The van der Waals surface area contributed by atoms with Crippen molar-refractivity contribution in [1.29, 1.82) is 0 Å². The van der Waals surface area contributed by atoms with Crippen LogP contribution < -0.4 is 15.5 Å². The molecule has 0 spiro atoms. The van der Waals surface area contributed by atoms with Crippen LogP contribution in [0.5, 0.6) is 0 Å². The summed E-state index contributed by atoms with van der Waals surface area (Å²) >= 11 is 6.23.